The van der Waals surface area contributed by atoms with Crippen LogP contribution in [0.25, 0.3) is 0 Å². The number of aromatic nitrogens is 1. The van der Waals surface area contributed by atoms with Gasteiger partial charge in [-0.1, -0.05) is 0 Å². The van der Waals surface area contributed by atoms with E-state index in [-0.39, 0.29) is 11.9 Å². The van der Waals surface area contributed by atoms with E-state index in [0.717, 1.165) is 5.56 Å². The number of carbonyl (C=O) groups excluding carboxylic acids is 1. The maximum absolute atomic E-state index is 10.6. The number of aromatic amines is 1. The summed E-state index contributed by atoms with van der Waals surface area (Å²) in [4.78, 5) is 13.5. The Hall–Kier alpha value is -1.29. The number of amides is 1. The van der Waals surface area contributed by atoms with Gasteiger partial charge in [0.05, 0.1) is 6.04 Å². The van der Waals surface area contributed by atoms with Crippen molar-refractivity contribution in [2.75, 3.05) is 0 Å². The molecular weight excluding hydrogens is 154 g/mol. The summed E-state index contributed by atoms with van der Waals surface area (Å²) in [6, 6.07) is 1.67. The van der Waals surface area contributed by atoms with Crippen molar-refractivity contribution in [3.05, 3.63) is 24.0 Å². The van der Waals surface area contributed by atoms with Crippen LogP contribution in [0.3, 0.4) is 0 Å². The first kappa shape index (κ1) is 8.80. The molecule has 1 amide bonds. The molecule has 0 saturated carbocycles. The van der Waals surface area contributed by atoms with Gasteiger partial charge in [-0.3, -0.25) is 4.79 Å². The summed E-state index contributed by atoms with van der Waals surface area (Å²) in [5.41, 5.74) is 6.18. The Bertz CT molecular complexity index is 243. The third-order valence-corrected chi connectivity index (χ3v) is 1.70. The third kappa shape index (κ3) is 2.39. The number of nitrogens with two attached hydrogens (primary N) is 1. The highest BCUT2D eigenvalue weighted by molar-refractivity contribution is 5.79. The van der Waals surface area contributed by atoms with Gasteiger partial charge in [0.25, 0.3) is 0 Å². The molecule has 0 saturated heterocycles. The lowest BCUT2D eigenvalue weighted by molar-refractivity contribution is -0.119. The fourth-order valence-electron chi connectivity index (χ4n) is 0.840. The monoisotopic (exact) mass is 167 g/mol. The maximum atomic E-state index is 10.6. The maximum Gasteiger partial charge on any atom is 0.234 e. The van der Waals surface area contributed by atoms with Crippen LogP contribution in [-0.2, 0) is 11.3 Å². The van der Waals surface area contributed by atoms with Gasteiger partial charge in [-0.15, -0.1) is 0 Å². The van der Waals surface area contributed by atoms with E-state index in [1.54, 1.807) is 6.92 Å². The second kappa shape index (κ2) is 3.92. The standard InChI is InChI=1S/C8H13N3O/c1-6(8(9)12)11-5-7-2-3-10-4-7/h2-4,6,10-11H,5H2,1H3,(H2,9,12). The largest absolute Gasteiger partial charge is 0.368 e. The molecule has 0 aliphatic rings. The van der Waals surface area contributed by atoms with Gasteiger partial charge in [0.15, 0.2) is 0 Å². The molecule has 4 heteroatoms. The smallest absolute Gasteiger partial charge is 0.234 e. The molecule has 0 bridgehead atoms. The molecule has 0 spiro atoms. The van der Waals surface area contributed by atoms with Gasteiger partial charge in [-0.25, -0.2) is 0 Å². The molecule has 1 heterocycles. The highest BCUT2D eigenvalue weighted by Gasteiger charge is 2.06. The Morgan fingerprint density at radius 1 is 1.83 bits per heavy atom. The molecule has 1 rings (SSSR count). The molecule has 1 aromatic heterocycles. The Labute approximate surface area is 71.2 Å². The summed E-state index contributed by atoms with van der Waals surface area (Å²) in [5, 5.41) is 2.99. The minimum Gasteiger partial charge on any atom is -0.368 e. The Balaban J connectivity index is 2.31. The lowest BCUT2D eigenvalue weighted by atomic mass is 10.3. The molecular formula is C8H13N3O. The topological polar surface area (TPSA) is 70.9 Å². The lowest BCUT2D eigenvalue weighted by Gasteiger charge is -2.07. The quantitative estimate of drug-likeness (QED) is 0.589. The van der Waals surface area contributed by atoms with Crippen molar-refractivity contribution in [3.63, 3.8) is 0 Å². The van der Waals surface area contributed by atoms with E-state index in [0.29, 0.717) is 6.54 Å². The molecule has 1 aromatic rings. The number of primary amides is 1. The van der Waals surface area contributed by atoms with E-state index in [4.69, 9.17) is 5.73 Å². The van der Waals surface area contributed by atoms with Gasteiger partial charge in [-0.2, -0.15) is 0 Å². The summed E-state index contributed by atoms with van der Waals surface area (Å²) in [7, 11) is 0. The van der Waals surface area contributed by atoms with Crippen LogP contribution in [0.4, 0.5) is 0 Å². The number of nitrogens with one attached hydrogen (secondary N) is 2. The Kier molecular flexibility index (Phi) is 2.88. The van der Waals surface area contributed by atoms with Gasteiger partial charge in [-0.05, 0) is 18.6 Å². The van der Waals surface area contributed by atoms with Crippen LogP contribution >= 0.6 is 0 Å². The first-order chi connectivity index (χ1) is 5.70. The van der Waals surface area contributed by atoms with Gasteiger partial charge in [0.1, 0.15) is 0 Å². The number of hydrogen-bond acceptors (Lipinski definition) is 2. The van der Waals surface area contributed by atoms with Crippen molar-refractivity contribution in [2.24, 2.45) is 5.73 Å². The van der Waals surface area contributed by atoms with Crippen LogP contribution in [0.2, 0.25) is 0 Å². The number of carbonyl (C=O) groups is 1. The fraction of sp³-hybridized carbons (Fsp3) is 0.375. The third-order valence-electron chi connectivity index (χ3n) is 1.70. The van der Waals surface area contributed by atoms with Crippen molar-refractivity contribution in [3.8, 4) is 0 Å². The zero-order valence-electron chi connectivity index (χ0n) is 7.00. The predicted octanol–water partition coefficient (Wildman–Crippen LogP) is -0.0219. The first-order valence-corrected chi connectivity index (χ1v) is 3.84. The van der Waals surface area contributed by atoms with Crippen LogP contribution < -0.4 is 11.1 Å². The summed E-state index contributed by atoms with van der Waals surface area (Å²) in [6.07, 6.45) is 3.71. The van der Waals surface area contributed by atoms with E-state index >= 15 is 0 Å². The van der Waals surface area contributed by atoms with Gasteiger partial charge in [0, 0.05) is 18.9 Å². The number of hydrogen-bond donors (Lipinski definition) is 3. The van der Waals surface area contributed by atoms with Crippen molar-refractivity contribution in [1.29, 1.82) is 0 Å². The average Bonchev–Trinajstić information content (AvgIpc) is 2.51. The molecule has 1 unspecified atom stereocenters. The van der Waals surface area contributed by atoms with Crippen LogP contribution in [0.1, 0.15) is 12.5 Å². The summed E-state index contributed by atoms with van der Waals surface area (Å²) in [6.45, 7) is 2.41. The molecule has 12 heavy (non-hydrogen) atoms. The van der Waals surface area contributed by atoms with E-state index < -0.39 is 0 Å². The number of rotatable bonds is 4. The fourth-order valence-corrected chi connectivity index (χ4v) is 0.840. The van der Waals surface area contributed by atoms with Gasteiger partial charge < -0.3 is 16.0 Å². The minimum atomic E-state index is -0.328. The Morgan fingerprint density at radius 2 is 2.58 bits per heavy atom. The van der Waals surface area contributed by atoms with Crippen LogP contribution in [0.15, 0.2) is 18.5 Å². The highest BCUT2D eigenvalue weighted by atomic mass is 16.1. The van der Waals surface area contributed by atoms with E-state index in [9.17, 15) is 4.79 Å². The normalized spacial score (nSPS) is 12.8. The van der Waals surface area contributed by atoms with Crippen LogP contribution in [0.5, 0.6) is 0 Å². The second-order valence-electron chi connectivity index (χ2n) is 2.72. The SMILES string of the molecule is CC(NCc1cc[nH]c1)C(N)=O. The molecule has 1 atom stereocenters. The van der Waals surface area contributed by atoms with E-state index in [1.165, 1.54) is 0 Å². The zero-order chi connectivity index (χ0) is 8.97. The summed E-state index contributed by atoms with van der Waals surface area (Å²) < 4.78 is 0. The minimum absolute atomic E-state index is 0.278. The lowest BCUT2D eigenvalue weighted by Crippen LogP contribution is -2.38. The molecule has 4 nitrogen and oxygen atoms in total. The van der Waals surface area contributed by atoms with Crippen LogP contribution in [0, 0.1) is 0 Å². The second-order valence-corrected chi connectivity index (χ2v) is 2.72. The Morgan fingerprint density at radius 3 is 3.08 bits per heavy atom. The van der Waals surface area contributed by atoms with Crippen molar-refractivity contribution < 1.29 is 4.79 Å². The number of H-pyrrole nitrogens is 1. The highest BCUT2D eigenvalue weighted by Crippen LogP contribution is 1.95. The van der Waals surface area contributed by atoms with Crippen molar-refractivity contribution in [2.45, 2.75) is 19.5 Å². The molecule has 0 aromatic carbocycles. The van der Waals surface area contributed by atoms with Crippen molar-refractivity contribution in [1.82, 2.24) is 10.3 Å². The molecule has 4 N–H and O–H groups in total. The van der Waals surface area contributed by atoms with E-state index in [1.807, 2.05) is 18.5 Å². The molecule has 0 aliphatic heterocycles. The zero-order valence-corrected chi connectivity index (χ0v) is 7.00. The molecule has 0 aliphatic carbocycles. The molecule has 66 valence electrons. The van der Waals surface area contributed by atoms with Gasteiger partial charge in [0.2, 0.25) is 5.91 Å². The molecule has 0 fully saturated rings. The predicted molar refractivity (Wildman–Crippen MR) is 46.3 cm³/mol. The van der Waals surface area contributed by atoms with E-state index in [2.05, 4.69) is 10.3 Å². The molecule has 0 radical (unpaired) electrons. The summed E-state index contributed by atoms with van der Waals surface area (Å²) >= 11 is 0. The summed E-state index contributed by atoms with van der Waals surface area (Å²) in [5.74, 6) is -0.328. The first-order valence-electron chi connectivity index (χ1n) is 3.84. The van der Waals surface area contributed by atoms with Crippen molar-refractivity contribution >= 4 is 5.91 Å². The van der Waals surface area contributed by atoms with Gasteiger partial charge >= 0.3 is 0 Å². The average molecular weight is 167 g/mol. The van der Waals surface area contributed by atoms with Crippen LogP contribution in [-0.4, -0.2) is 16.9 Å².